The summed E-state index contributed by atoms with van der Waals surface area (Å²) >= 11 is 3.47. The van der Waals surface area contributed by atoms with E-state index in [2.05, 4.69) is 40.3 Å². The zero-order valence-corrected chi connectivity index (χ0v) is 13.0. The molecule has 0 bridgehead atoms. The second-order valence-electron chi connectivity index (χ2n) is 4.48. The summed E-state index contributed by atoms with van der Waals surface area (Å²) in [5, 5.41) is 12.2. The monoisotopic (exact) mass is 330 g/mol. The van der Waals surface area contributed by atoms with E-state index < -0.39 is 0 Å². The summed E-state index contributed by atoms with van der Waals surface area (Å²) < 4.78 is 6.24. The maximum atomic E-state index is 8.85. The van der Waals surface area contributed by atoms with Crippen LogP contribution in [0.3, 0.4) is 0 Å². The fourth-order valence-corrected chi connectivity index (χ4v) is 2.48. The molecule has 0 saturated carbocycles. The van der Waals surface area contributed by atoms with Gasteiger partial charge in [-0.15, -0.1) is 0 Å². The number of anilines is 1. The van der Waals surface area contributed by atoms with E-state index in [1.54, 1.807) is 19.2 Å². The van der Waals surface area contributed by atoms with Gasteiger partial charge in [0.2, 0.25) is 0 Å². The topological polar surface area (TPSA) is 45.0 Å². The molecule has 0 saturated heterocycles. The Bertz CT molecular complexity index is 662. The lowest BCUT2D eigenvalue weighted by Crippen LogP contribution is -2.02. The quantitative estimate of drug-likeness (QED) is 0.911. The minimum atomic E-state index is 0.635. The summed E-state index contributed by atoms with van der Waals surface area (Å²) in [5.74, 6) is 0.868. The van der Waals surface area contributed by atoms with E-state index in [9.17, 15) is 0 Å². The van der Waals surface area contributed by atoms with Crippen molar-refractivity contribution < 1.29 is 4.74 Å². The standard InChI is InChI=1S/C16H15BrN2O/c1-11-3-6-16(20-2)13(7-11)10-19-15-5-4-12(9-18)8-14(15)17/h3-8,19H,10H2,1-2H3. The number of nitrogens with zero attached hydrogens (tertiary/aromatic N) is 1. The highest BCUT2D eigenvalue weighted by Gasteiger charge is 2.05. The van der Waals surface area contributed by atoms with Crippen LogP contribution < -0.4 is 10.1 Å². The van der Waals surface area contributed by atoms with Crippen LogP contribution in [0.25, 0.3) is 0 Å². The van der Waals surface area contributed by atoms with Crippen LogP contribution in [-0.2, 0) is 6.54 Å². The minimum Gasteiger partial charge on any atom is -0.496 e. The Morgan fingerprint density at radius 2 is 2.05 bits per heavy atom. The van der Waals surface area contributed by atoms with Gasteiger partial charge < -0.3 is 10.1 Å². The second kappa shape index (κ2) is 6.44. The second-order valence-corrected chi connectivity index (χ2v) is 5.33. The van der Waals surface area contributed by atoms with E-state index in [0.717, 1.165) is 21.5 Å². The molecule has 3 nitrogen and oxygen atoms in total. The van der Waals surface area contributed by atoms with Crippen LogP contribution in [0.5, 0.6) is 5.75 Å². The first-order valence-electron chi connectivity index (χ1n) is 6.21. The van der Waals surface area contributed by atoms with Crippen molar-refractivity contribution in [2.75, 3.05) is 12.4 Å². The van der Waals surface area contributed by atoms with Crippen LogP contribution in [0.15, 0.2) is 40.9 Å². The van der Waals surface area contributed by atoms with E-state index in [0.29, 0.717) is 12.1 Å². The van der Waals surface area contributed by atoms with Crippen molar-refractivity contribution in [1.29, 1.82) is 5.26 Å². The van der Waals surface area contributed by atoms with Crippen LogP contribution in [0.2, 0.25) is 0 Å². The zero-order chi connectivity index (χ0) is 14.5. The van der Waals surface area contributed by atoms with Crippen LogP contribution in [0, 0.1) is 18.3 Å². The van der Waals surface area contributed by atoms with Crippen molar-refractivity contribution in [1.82, 2.24) is 0 Å². The van der Waals surface area contributed by atoms with Crippen molar-refractivity contribution in [3.05, 3.63) is 57.6 Å². The van der Waals surface area contributed by atoms with Crippen molar-refractivity contribution in [2.24, 2.45) is 0 Å². The molecule has 0 fully saturated rings. The lowest BCUT2D eigenvalue weighted by molar-refractivity contribution is 0.410. The van der Waals surface area contributed by atoms with Crippen molar-refractivity contribution in [3.8, 4) is 11.8 Å². The smallest absolute Gasteiger partial charge is 0.123 e. The highest BCUT2D eigenvalue weighted by atomic mass is 79.9. The maximum absolute atomic E-state index is 8.85. The molecule has 0 aromatic heterocycles. The van der Waals surface area contributed by atoms with Gasteiger partial charge >= 0.3 is 0 Å². The Morgan fingerprint density at radius 3 is 2.70 bits per heavy atom. The number of halogens is 1. The Kier molecular flexibility index (Phi) is 4.65. The first-order chi connectivity index (χ1) is 9.63. The molecule has 0 atom stereocenters. The molecule has 0 radical (unpaired) electrons. The van der Waals surface area contributed by atoms with E-state index >= 15 is 0 Å². The highest BCUT2D eigenvalue weighted by Crippen LogP contribution is 2.26. The SMILES string of the molecule is COc1ccc(C)cc1CNc1ccc(C#N)cc1Br. The molecule has 1 N–H and O–H groups in total. The van der Waals surface area contributed by atoms with Gasteiger partial charge in [-0.25, -0.2) is 0 Å². The molecule has 0 unspecified atom stereocenters. The predicted octanol–water partition coefficient (Wildman–Crippen LogP) is 4.25. The van der Waals surface area contributed by atoms with Crippen LogP contribution in [0.1, 0.15) is 16.7 Å². The van der Waals surface area contributed by atoms with Crippen LogP contribution in [0.4, 0.5) is 5.69 Å². The van der Waals surface area contributed by atoms with Gasteiger partial charge in [-0.05, 0) is 47.1 Å². The molecular formula is C16H15BrN2O. The Labute approximate surface area is 127 Å². The molecule has 0 aliphatic heterocycles. The molecule has 0 aliphatic rings. The third-order valence-corrected chi connectivity index (χ3v) is 3.66. The van der Waals surface area contributed by atoms with Gasteiger partial charge in [-0.2, -0.15) is 5.26 Å². The molecule has 20 heavy (non-hydrogen) atoms. The van der Waals surface area contributed by atoms with Gasteiger partial charge in [0.05, 0.1) is 18.7 Å². The van der Waals surface area contributed by atoms with Gasteiger partial charge in [0.1, 0.15) is 5.75 Å². The lowest BCUT2D eigenvalue weighted by Gasteiger charge is -2.12. The molecular weight excluding hydrogens is 316 g/mol. The number of nitrogens with one attached hydrogen (secondary N) is 1. The first-order valence-corrected chi connectivity index (χ1v) is 7.00. The van der Waals surface area contributed by atoms with Crippen LogP contribution in [-0.4, -0.2) is 7.11 Å². The molecule has 0 heterocycles. The third kappa shape index (κ3) is 3.31. The summed E-state index contributed by atoms with van der Waals surface area (Å²) in [5.41, 5.74) is 3.88. The van der Waals surface area contributed by atoms with Crippen molar-refractivity contribution in [3.63, 3.8) is 0 Å². The molecule has 4 heteroatoms. The lowest BCUT2D eigenvalue weighted by atomic mass is 10.1. The third-order valence-electron chi connectivity index (χ3n) is 3.00. The maximum Gasteiger partial charge on any atom is 0.123 e. The van der Waals surface area contributed by atoms with E-state index in [-0.39, 0.29) is 0 Å². The minimum absolute atomic E-state index is 0.635. The normalized spacial score (nSPS) is 9.90. The molecule has 2 rings (SSSR count). The first kappa shape index (κ1) is 14.4. The van der Waals surface area contributed by atoms with Crippen LogP contribution >= 0.6 is 15.9 Å². The molecule has 0 aliphatic carbocycles. The summed E-state index contributed by atoms with van der Waals surface area (Å²) in [6, 6.07) is 13.7. The number of hydrogen-bond donors (Lipinski definition) is 1. The summed E-state index contributed by atoms with van der Waals surface area (Å²) in [6.45, 7) is 2.72. The number of rotatable bonds is 4. The van der Waals surface area contributed by atoms with E-state index in [1.165, 1.54) is 5.56 Å². The summed E-state index contributed by atoms with van der Waals surface area (Å²) in [4.78, 5) is 0. The number of hydrogen-bond acceptors (Lipinski definition) is 3. The van der Waals surface area contributed by atoms with Gasteiger partial charge in [-0.3, -0.25) is 0 Å². The fraction of sp³-hybridized carbons (Fsp3) is 0.188. The van der Waals surface area contributed by atoms with Gasteiger partial charge in [0.25, 0.3) is 0 Å². The summed E-state index contributed by atoms with van der Waals surface area (Å²) in [7, 11) is 1.67. The Morgan fingerprint density at radius 1 is 1.25 bits per heavy atom. The fourth-order valence-electron chi connectivity index (χ4n) is 1.96. The largest absolute Gasteiger partial charge is 0.496 e. The Balaban J connectivity index is 2.17. The molecule has 0 spiro atoms. The number of nitriles is 1. The average molecular weight is 331 g/mol. The van der Waals surface area contributed by atoms with E-state index in [1.807, 2.05) is 18.2 Å². The molecule has 102 valence electrons. The number of ether oxygens (including phenoxy) is 1. The van der Waals surface area contributed by atoms with Gasteiger partial charge in [0.15, 0.2) is 0 Å². The number of aryl methyl sites for hydroxylation is 1. The Hall–Kier alpha value is -1.99. The van der Waals surface area contributed by atoms with Gasteiger partial charge in [0, 0.05) is 22.3 Å². The average Bonchev–Trinajstić information content (AvgIpc) is 2.46. The number of methoxy groups -OCH3 is 1. The van der Waals surface area contributed by atoms with Crippen molar-refractivity contribution >= 4 is 21.6 Å². The molecule has 0 amide bonds. The molecule has 2 aromatic carbocycles. The van der Waals surface area contributed by atoms with E-state index in [4.69, 9.17) is 10.00 Å². The van der Waals surface area contributed by atoms with Gasteiger partial charge in [-0.1, -0.05) is 17.7 Å². The zero-order valence-electron chi connectivity index (χ0n) is 11.4. The van der Waals surface area contributed by atoms with Crippen molar-refractivity contribution in [2.45, 2.75) is 13.5 Å². The number of benzene rings is 2. The summed E-state index contributed by atoms with van der Waals surface area (Å²) in [6.07, 6.45) is 0. The highest BCUT2D eigenvalue weighted by molar-refractivity contribution is 9.10. The molecule has 2 aromatic rings. The predicted molar refractivity (Wildman–Crippen MR) is 83.9 cm³/mol.